The van der Waals surface area contributed by atoms with Crippen LogP contribution in [0, 0.1) is 5.92 Å². The summed E-state index contributed by atoms with van der Waals surface area (Å²) in [6, 6.07) is 29.2. The highest BCUT2D eigenvalue weighted by atomic mass is 32.1. The van der Waals surface area contributed by atoms with Gasteiger partial charge < -0.3 is 14.7 Å². The van der Waals surface area contributed by atoms with Gasteiger partial charge in [-0.3, -0.25) is 19.7 Å². The Kier molecular flexibility index (Phi) is 9.21. The summed E-state index contributed by atoms with van der Waals surface area (Å²) >= 11 is 1.73. The summed E-state index contributed by atoms with van der Waals surface area (Å²) in [7, 11) is 0. The zero-order valence-corrected chi connectivity index (χ0v) is 30.7. The number of nitrogens with zero attached hydrogens (tertiary/aromatic N) is 3. The molecule has 0 radical (unpaired) electrons. The van der Waals surface area contributed by atoms with Crippen LogP contribution >= 0.6 is 11.3 Å². The van der Waals surface area contributed by atoms with E-state index in [0.29, 0.717) is 30.7 Å². The van der Waals surface area contributed by atoms with Gasteiger partial charge in [-0.15, -0.1) is 11.3 Å². The Bertz CT molecular complexity index is 1940. The molecular formula is C44H48N4O3S. The quantitative estimate of drug-likeness (QED) is 0.202. The molecule has 268 valence electrons. The van der Waals surface area contributed by atoms with E-state index in [1.54, 1.807) is 16.2 Å². The van der Waals surface area contributed by atoms with Gasteiger partial charge in [-0.1, -0.05) is 66.7 Å². The lowest BCUT2D eigenvalue weighted by Gasteiger charge is -2.38. The molecule has 3 fully saturated rings. The minimum Gasteiger partial charge on any atom is -0.372 e. The van der Waals surface area contributed by atoms with E-state index in [4.69, 9.17) is 0 Å². The second-order valence-electron chi connectivity index (χ2n) is 15.7. The van der Waals surface area contributed by atoms with E-state index >= 15 is 0 Å². The van der Waals surface area contributed by atoms with Crippen LogP contribution in [0.4, 0.5) is 5.69 Å². The van der Waals surface area contributed by atoms with Gasteiger partial charge in [-0.05, 0) is 116 Å². The van der Waals surface area contributed by atoms with Crippen molar-refractivity contribution in [2.24, 2.45) is 5.92 Å². The Morgan fingerprint density at radius 1 is 0.731 bits per heavy atom. The third kappa shape index (κ3) is 6.38. The highest BCUT2D eigenvalue weighted by Crippen LogP contribution is 2.47. The van der Waals surface area contributed by atoms with E-state index in [-0.39, 0.29) is 24.1 Å². The number of rotatable bonds is 7. The van der Waals surface area contributed by atoms with Crippen molar-refractivity contribution in [2.75, 3.05) is 37.6 Å². The van der Waals surface area contributed by atoms with Crippen LogP contribution in [0.15, 0.2) is 84.2 Å². The molecule has 1 aliphatic carbocycles. The Labute approximate surface area is 311 Å². The fourth-order valence-electron chi connectivity index (χ4n) is 9.95. The van der Waals surface area contributed by atoms with E-state index in [0.717, 1.165) is 62.5 Å². The molecule has 0 spiro atoms. The molecule has 5 heterocycles. The first-order valence-corrected chi connectivity index (χ1v) is 20.3. The fraction of sp³-hybridized carbons (Fsp3) is 0.432. The molecular weight excluding hydrogens is 665 g/mol. The summed E-state index contributed by atoms with van der Waals surface area (Å²) in [4.78, 5) is 45.7. The molecule has 7 nitrogen and oxygen atoms in total. The molecule has 8 heteroatoms. The third-order valence-corrected chi connectivity index (χ3v) is 14.0. The summed E-state index contributed by atoms with van der Waals surface area (Å²) in [5, 5.41) is 4.42. The lowest BCUT2D eigenvalue weighted by Crippen LogP contribution is -2.52. The third-order valence-electron chi connectivity index (χ3n) is 12.8. The number of hydrogen-bond donors (Lipinski definition) is 1. The molecule has 52 heavy (non-hydrogen) atoms. The van der Waals surface area contributed by atoms with E-state index in [9.17, 15) is 14.4 Å². The number of thiophene rings is 1. The maximum Gasteiger partial charge on any atom is 0.256 e. The van der Waals surface area contributed by atoms with Crippen LogP contribution in [0.1, 0.15) is 106 Å². The van der Waals surface area contributed by atoms with Crippen molar-refractivity contribution >= 4 is 34.7 Å². The van der Waals surface area contributed by atoms with Gasteiger partial charge in [0, 0.05) is 54.5 Å². The average molecular weight is 713 g/mol. The van der Waals surface area contributed by atoms with E-state index in [1.165, 1.54) is 58.6 Å². The lowest BCUT2D eigenvalue weighted by molar-refractivity contribution is -0.136. The predicted molar refractivity (Wildman–Crippen MR) is 206 cm³/mol. The van der Waals surface area contributed by atoms with Gasteiger partial charge in [0.2, 0.25) is 11.8 Å². The van der Waals surface area contributed by atoms with Crippen molar-refractivity contribution in [3.8, 4) is 0 Å². The summed E-state index contributed by atoms with van der Waals surface area (Å²) < 4.78 is 0. The van der Waals surface area contributed by atoms with Gasteiger partial charge in [0.1, 0.15) is 6.04 Å². The summed E-state index contributed by atoms with van der Waals surface area (Å²) in [6.07, 6.45) is 7.70. The SMILES string of the molecule is O=C1CCC(N2Cc3c(csc3C3CCN(CC4CCN(c5ccc(C6c7ccccc7CCC6c6ccccc6)cc5)CC4)CC3)C2=O)C(=O)N1. The number of likely N-dealkylation sites (tertiary alicyclic amines) is 1. The van der Waals surface area contributed by atoms with Gasteiger partial charge in [-0.2, -0.15) is 0 Å². The minimum atomic E-state index is -0.546. The van der Waals surface area contributed by atoms with Crippen molar-refractivity contribution < 1.29 is 14.4 Å². The van der Waals surface area contributed by atoms with Crippen molar-refractivity contribution in [1.29, 1.82) is 0 Å². The lowest BCUT2D eigenvalue weighted by atomic mass is 9.69. The number of carbonyl (C=O) groups is 3. The molecule has 0 saturated carbocycles. The van der Waals surface area contributed by atoms with Crippen molar-refractivity contribution in [3.05, 3.63) is 123 Å². The van der Waals surface area contributed by atoms with Crippen LogP contribution in [0.25, 0.3) is 0 Å². The number of fused-ring (bicyclic) bond motifs is 2. The highest BCUT2D eigenvalue weighted by molar-refractivity contribution is 7.10. The highest BCUT2D eigenvalue weighted by Gasteiger charge is 2.42. The summed E-state index contributed by atoms with van der Waals surface area (Å²) in [5.74, 6) is 1.43. The van der Waals surface area contributed by atoms with Crippen LogP contribution in [0.2, 0.25) is 0 Å². The maximum absolute atomic E-state index is 13.2. The number of benzene rings is 3. The number of imide groups is 1. The van der Waals surface area contributed by atoms with Crippen LogP contribution in [-0.4, -0.2) is 66.3 Å². The maximum atomic E-state index is 13.2. The molecule has 3 atom stereocenters. The normalized spacial score (nSPS) is 24.5. The molecule has 0 bridgehead atoms. The molecule has 4 aliphatic heterocycles. The number of piperidine rings is 3. The number of carbonyl (C=O) groups excluding carboxylic acids is 3. The van der Waals surface area contributed by atoms with Crippen molar-refractivity contribution in [2.45, 2.75) is 81.7 Å². The monoisotopic (exact) mass is 712 g/mol. The molecule has 5 aliphatic rings. The Hall–Kier alpha value is -4.27. The van der Waals surface area contributed by atoms with Crippen LogP contribution in [0.3, 0.4) is 0 Å². The number of hydrogen-bond acceptors (Lipinski definition) is 6. The predicted octanol–water partition coefficient (Wildman–Crippen LogP) is 7.47. The molecule has 3 saturated heterocycles. The van der Waals surface area contributed by atoms with Gasteiger partial charge >= 0.3 is 0 Å². The second-order valence-corrected chi connectivity index (χ2v) is 16.6. The molecule has 3 amide bonds. The van der Waals surface area contributed by atoms with Gasteiger partial charge in [0.05, 0.1) is 5.56 Å². The van der Waals surface area contributed by atoms with Gasteiger partial charge in [0.15, 0.2) is 0 Å². The van der Waals surface area contributed by atoms with Gasteiger partial charge in [0.25, 0.3) is 5.91 Å². The topological polar surface area (TPSA) is 73.0 Å². The Balaban J connectivity index is 0.784. The first-order valence-electron chi connectivity index (χ1n) is 19.4. The van der Waals surface area contributed by atoms with Crippen LogP contribution < -0.4 is 10.2 Å². The number of amides is 3. The smallest absolute Gasteiger partial charge is 0.256 e. The standard InChI is InChI=1S/C44H48N4O3S/c49-40-17-16-39(43(50)45-40)48-27-37-38(44(48)51)28-52-42(37)33-20-22-46(23-21-33)26-29-18-24-47(25-19-29)34-13-10-32(11-14-34)41-35-9-5-4-8-31(35)12-15-36(41)30-6-2-1-3-7-30/h1-11,13-14,28-29,33,36,39,41H,12,15-27H2,(H,45,49,50). The molecule has 9 rings (SSSR count). The van der Waals surface area contributed by atoms with E-state index < -0.39 is 6.04 Å². The summed E-state index contributed by atoms with van der Waals surface area (Å²) in [5.41, 5.74) is 9.10. The summed E-state index contributed by atoms with van der Waals surface area (Å²) in [6.45, 7) is 6.07. The minimum absolute atomic E-state index is 0.0570. The Morgan fingerprint density at radius 2 is 1.48 bits per heavy atom. The molecule has 1 N–H and O–H groups in total. The van der Waals surface area contributed by atoms with Crippen LogP contribution in [-0.2, 0) is 22.6 Å². The number of nitrogens with one attached hydrogen (secondary N) is 1. The van der Waals surface area contributed by atoms with E-state index in [2.05, 4.69) is 94.0 Å². The van der Waals surface area contributed by atoms with Crippen molar-refractivity contribution in [3.63, 3.8) is 0 Å². The molecule has 3 aromatic carbocycles. The fourth-order valence-corrected chi connectivity index (χ4v) is 11.2. The largest absolute Gasteiger partial charge is 0.372 e. The van der Waals surface area contributed by atoms with Crippen molar-refractivity contribution in [1.82, 2.24) is 15.1 Å². The molecule has 1 aromatic heterocycles. The zero-order chi connectivity index (χ0) is 35.2. The zero-order valence-electron chi connectivity index (χ0n) is 29.8. The number of anilines is 1. The number of aryl methyl sites for hydroxylation is 1. The second kappa shape index (κ2) is 14.3. The average Bonchev–Trinajstić information content (AvgIpc) is 3.75. The van der Waals surface area contributed by atoms with E-state index in [1.807, 2.05) is 5.38 Å². The first kappa shape index (κ1) is 33.6. The van der Waals surface area contributed by atoms with Crippen LogP contribution in [0.5, 0.6) is 0 Å². The van der Waals surface area contributed by atoms with Gasteiger partial charge in [-0.25, -0.2) is 0 Å². The first-order chi connectivity index (χ1) is 25.5. The Morgan fingerprint density at radius 3 is 2.25 bits per heavy atom. The molecule has 3 unspecified atom stereocenters. The molecule has 4 aromatic rings.